The number of imidazole rings is 1. The molecule has 0 unspecified atom stereocenters. The maximum Gasteiger partial charge on any atom is 0.304 e. The van der Waals surface area contributed by atoms with E-state index in [1.165, 1.54) is 0 Å². The molecule has 0 aliphatic carbocycles. The first-order chi connectivity index (χ1) is 10.2. The van der Waals surface area contributed by atoms with Crippen molar-refractivity contribution in [3.63, 3.8) is 0 Å². The summed E-state index contributed by atoms with van der Waals surface area (Å²) < 4.78 is 2.04. The molecule has 3 heterocycles. The van der Waals surface area contributed by atoms with Crippen LogP contribution in [0, 0.1) is 0 Å². The lowest BCUT2D eigenvalue weighted by atomic mass is 10.2. The normalized spacial score (nSPS) is 17.3. The molecule has 6 nitrogen and oxygen atoms in total. The van der Waals surface area contributed by atoms with E-state index in [4.69, 9.17) is 5.11 Å². The van der Waals surface area contributed by atoms with Gasteiger partial charge in [0.25, 0.3) is 0 Å². The van der Waals surface area contributed by atoms with Gasteiger partial charge < -0.3 is 14.4 Å². The second-order valence-corrected chi connectivity index (χ2v) is 5.46. The van der Waals surface area contributed by atoms with Crippen molar-refractivity contribution in [2.24, 2.45) is 0 Å². The molecule has 1 aliphatic heterocycles. The molecule has 0 atom stereocenters. The molecule has 1 aliphatic rings. The van der Waals surface area contributed by atoms with Gasteiger partial charge in [-0.05, 0) is 12.1 Å². The van der Waals surface area contributed by atoms with Crippen LogP contribution in [-0.4, -0.2) is 63.0 Å². The fraction of sp³-hybridized carbons (Fsp3) is 0.467. The van der Waals surface area contributed by atoms with Crippen molar-refractivity contribution in [2.45, 2.75) is 13.0 Å². The van der Waals surface area contributed by atoms with Crippen molar-refractivity contribution in [1.82, 2.24) is 19.2 Å². The summed E-state index contributed by atoms with van der Waals surface area (Å²) >= 11 is 0. The van der Waals surface area contributed by atoms with Crippen LogP contribution < -0.4 is 0 Å². The quantitative estimate of drug-likeness (QED) is 0.887. The van der Waals surface area contributed by atoms with E-state index in [9.17, 15) is 4.79 Å². The number of piperazine rings is 1. The minimum atomic E-state index is -0.720. The van der Waals surface area contributed by atoms with Crippen molar-refractivity contribution in [3.8, 4) is 0 Å². The number of carboxylic acids is 1. The fourth-order valence-electron chi connectivity index (χ4n) is 2.72. The molecule has 1 fully saturated rings. The van der Waals surface area contributed by atoms with Crippen molar-refractivity contribution >= 4 is 11.6 Å². The molecule has 0 amide bonds. The smallest absolute Gasteiger partial charge is 0.304 e. The third-order valence-corrected chi connectivity index (χ3v) is 3.91. The standard InChI is InChI=1S/C15H20N4O2/c20-15(21)4-6-17-7-9-18(10-8-17)11-13-12-19-5-2-1-3-14(19)16-13/h1-3,5,12H,4,6-11H2,(H,20,21). The molecule has 0 spiro atoms. The van der Waals surface area contributed by atoms with Crippen LogP contribution in [0.15, 0.2) is 30.6 Å². The first-order valence-electron chi connectivity index (χ1n) is 7.30. The Morgan fingerprint density at radius 1 is 1.19 bits per heavy atom. The summed E-state index contributed by atoms with van der Waals surface area (Å²) in [5.41, 5.74) is 2.06. The maximum atomic E-state index is 10.6. The van der Waals surface area contributed by atoms with Gasteiger partial charge in [-0.2, -0.15) is 0 Å². The second kappa shape index (κ2) is 6.24. The van der Waals surface area contributed by atoms with Crippen LogP contribution in [0.3, 0.4) is 0 Å². The largest absolute Gasteiger partial charge is 0.481 e. The monoisotopic (exact) mass is 288 g/mol. The van der Waals surface area contributed by atoms with Crippen molar-refractivity contribution < 1.29 is 9.90 Å². The van der Waals surface area contributed by atoms with Gasteiger partial charge in [0.2, 0.25) is 0 Å². The molecule has 0 bridgehead atoms. The molecule has 6 heteroatoms. The highest BCUT2D eigenvalue weighted by Crippen LogP contribution is 2.10. The molecule has 112 valence electrons. The molecule has 21 heavy (non-hydrogen) atoms. The third kappa shape index (κ3) is 3.59. The highest BCUT2D eigenvalue weighted by atomic mass is 16.4. The molecule has 3 rings (SSSR count). The van der Waals surface area contributed by atoms with E-state index in [0.29, 0.717) is 6.54 Å². The number of pyridine rings is 1. The van der Waals surface area contributed by atoms with E-state index in [2.05, 4.69) is 21.0 Å². The minimum absolute atomic E-state index is 0.229. The predicted octanol–water partition coefficient (Wildman–Crippen LogP) is 0.927. The first kappa shape index (κ1) is 14.0. The molecule has 0 radical (unpaired) electrons. The number of carbonyl (C=O) groups is 1. The number of fused-ring (bicyclic) bond motifs is 1. The molecule has 0 saturated carbocycles. The number of hydrogen-bond donors (Lipinski definition) is 1. The van der Waals surface area contributed by atoms with E-state index in [1.54, 1.807) is 0 Å². The van der Waals surface area contributed by atoms with E-state index in [0.717, 1.165) is 44.1 Å². The van der Waals surface area contributed by atoms with Gasteiger partial charge in [0.15, 0.2) is 0 Å². The molecule has 2 aromatic rings. The van der Waals surface area contributed by atoms with Crippen LogP contribution in [-0.2, 0) is 11.3 Å². The summed E-state index contributed by atoms with van der Waals surface area (Å²) in [6.45, 7) is 5.30. The maximum absolute atomic E-state index is 10.6. The number of hydrogen-bond acceptors (Lipinski definition) is 4. The molecule has 0 aromatic carbocycles. The average Bonchev–Trinajstić information content (AvgIpc) is 2.88. The summed E-state index contributed by atoms with van der Waals surface area (Å²) in [5.74, 6) is -0.720. The average molecular weight is 288 g/mol. The molecular weight excluding hydrogens is 268 g/mol. The van der Waals surface area contributed by atoms with Gasteiger partial charge in [-0.25, -0.2) is 4.98 Å². The van der Waals surface area contributed by atoms with Gasteiger partial charge in [0.1, 0.15) is 5.65 Å². The van der Waals surface area contributed by atoms with E-state index < -0.39 is 5.97 Å². The minimum Gasteiger partial charge on any atom is -0.481 e. The highest BCUT2D eigenvalue weighted by Gasteiger charge is 2.18. The van der Waals surface area contributed by atoms with Gasteiger partial charge >= 0.3 is 5.97 Å². The van der Waals surface area contributed by atoms with Gasteiger partial charge in [-0.3, -0.25) is 9.69 Å². The Bertz CT molecular complexity index is 584. The number of nitrogens with zero attached hydrogens (tertiary/aromatic N) is 4. The lowest BCUT2D eigenvalue weighted by molar-refractivity contribution is -0.137. The Kier molecular flexibility index (Phi) is 4.17. The Hall–Kier alpha value is -1.92. The number of rotatable bonds is 5. The molecule has 1 N–H and O–H groups in total. The van der Waals surface area contributed by atoms with Crippen molar-refractivity contribution in [2.75, 3.05) is 32.7 Å². The Labute approximate surface area is 123 Å². The van der Waals surface area contributed by atoms with Crippen LogP contribution in [0.2, 0.25) is 0 Å². The van der Waals surface area contributed by atoms with E-state index >= 15 is 0 Å². The van der Waals surface area contributed by atoms with Crippen molar-refractivity contribution in [1.29, 1.82) is 0 Å². The number of aliphatic carboxylic acids is 1. The van der Waals surface area contributed by atoms with Gasteiger partial charge in [-0.1, -0.05) is 6.07 Å². The van der Waals surface area contributed by atoms with Gasteiger partial charge in [-0.15, -0.1) is 0 Å². The second-order valence-electron chi connectivity index (χ2n) is 5.46. The lowest BCUT2D eigenvalue weighted by Crippen LogP contribution is -2.46. The third-order valence-electron chi connectivity index (χ3n) is 3.91. The van der Waals surface area contributed by atoms with Gasteiger partial charge in [0.05, 0.1) is 12.1 Å². The van der Waals surface area contributed by atoms with Crippen LogP contribution in [0.25, 0.3) is 5.65 Å². The zero-order valence-electron chi connectivity index (χ0n) is 12.0. The van der Waals surface area contributed by atoms with Crippen molar-refractivity contribution in [3.05, 3.63) is 36.3 Å². The summed E-state index contributed by atoms with van der Waals surface area (Å²) in [5, 5.41) is 8.71. The summed E-state index contributed by atoms with van der Waals surface area (Å²) in [4.78, 5) is 19.8. The predicted molar refractivity (Wildman–Crippen MR) is 79.2 cm³/mol. The molecular formula is C15H20N4O2. The summed E-state index contributed by atoms with van der Waals surface area (Å²) in [6.07, 6.45) is 4.31. The zero-order chi connectivity index (χ0) is 14.7. The van der Waals surface area contributed by atoms with Gasteiger partial charge in [0, 0.05) is 51.7 Å². The first-order valence-corrected chi connectivity index (χ1v) is 7.30. The Morgan fingerprint density at radius 2 is 1.95 bits per heavy atom. The molecule has 1 saturated heterocycles. The number of aromatic nitrogens is 2. The van der Waals surface area contributed by atoms with E-state index in [-0.39, 0.29) is 6.42 Å². The van der Waals surface area contributed by atoms with Crippen LogP contribution in [0.4, 0.5) is 0 Å². The summed E-state index contributed by atoms with van der Waals surface area (Å²) in [6, 6.07) is 6.00. The topological polar surface area (TPSA) is 61.1 Å². The fourth-order valence-corrected chi connectivity index (χ4v) is 2.72. The SMILES string of the molecule is O=C(O)CCN1CCN(Cc2cn3ccccc3n2)CC1. The number of carboxylic acid groups (broad SMARTS) is 1. The molecule has 2 aromatic heterocycles. The summed E-state index contributed by atoms with van der Waals surface area (Å²) in [7, 11) is 0. The Morgan fingerprint density at radius 3 is 2.67 bits per heavy atom. The highest BCUT2D eigenvalue weighted by molar-refractivity contribution is 5.66. The zero-order valence-corrected chi connectivity index (χ0v) is 12.0. The van der Waals surface area contributed by atoms with Crippen LogP contribution in [0.5, 0.6) is 0 Å². The van der Waals surface area contributed by atoms with Crippen LogP contribution in [0.1, 0.15) is 12.1 Å². The lowest BCUT2D eigenvalue weighted by Gasteiger charge is -2.33. The van der Waals surface area contributed by atoms with E-state index in [1.807, 2.05) is 28.8 Å². The van der Waals surface area contributed by atoms with Crippen LogP contribution >= 0.6 is 0 Å². The Balaban J connectivity index is 1.52.